The van der Waals surface area contributed by atoms with Crippen molar-refractivity contribution < 1.29 is 14.4 Å². The average Bonchev–Trinajstić information content (AvgIpc) is 2.90. The summed E-state index contributed by atoms with van der Waals surface area (Å²) in [5, 5.41) is 0. The molecule has 1 aliphatic heterocycles. The summed E-state index contributed by atoms with van der Waals surface area (Å²) in [6.45, 7) is 3.02. The molecule has 0 spiro atoms. The Kier molecular flexibility index (Phi) is 5.51. The fraction of sp³-hybridized carbons (Fsp3) is 0.550. The van der Waals surface area contributed by atoms with Crippen molar-refractivity contribution in [1.82, 2.24) is 9.80 Å². The minimum absolute atomic E-state index is 0.000666. The summed E-state index contributed by atoms with van der Waals surface area (Å²) in [7, 11) is 0. The summed E-state index contributed by atoms with van der Waals surface area (Å²) in [5.41, 5.74) is 1.11. The molecule has 1 aliphatic carbocycles. The van der Waals surface area contributed by atoms with Gasteiger partial charge in [-0.2, -0.15) is 0 Å². The number of benzene rings is 1. The second-order valence-electron chi connectivity index (χ2n) is 7.12. The minimum Gasteiger partial charge on any atom is -0.336 e. The number of carbonyl (C=O) groups excluding carboxylic acids is 3. The summed E-state index contributed by atoms with van der Waals surface area (Å²) in [4.78, 5) is 39.5. The van der Waals surface area contributed by atoms with Gasteiger partial charge in [0.1, 0.15) is 0 Å². The van der Waals surface area contributed by atoms with E-state index < -0.39 is 0 Å². The van der Waals surface area contributed by atoms with Crippen molar-refractivity contribution >= 4 is 17.7 Å². The predicted molar refractivity (Wildman–Crippen MR) is 94.5 cm³/mol. The van der Waals surface area contributed by atoms with Crippen LogP contribution in [0.3, 0.4) is 0 Å². The Hall–Kier alpha value is -2.17. The number of hydrogen-bond acceptors (Lipinski definition) is 3. The maximum Gasteiger partial charge on any atom is 0.229 e. The van der Waals surface area contributed by atoms with Crippen molar-refractivity contribution in [2.75, 3.05) is 13.1 Å². The number of amides is 3. The monoisotopic (exact) mass is 342 g/mol. The van der Waals surface area contributed by atoms with E-state index >= 15 is 0 Å². The van der Waals surface area contributed by atoms with Crippen LogP contribution in [0.5, 0.6) is 0 Å². The van der Waals surface area contributed by atoms with E-state index in [2.05, 4.69) is 6.92 Å². The zero-order valence-electron chi connectivity index (χ0n) is 14.8. The molecule has 0 aromatic heterocycles. The molecule has 0 radical (unpaired) electrons. The standard InChI is InChI=1S/C20H26N2O3/c1-15(17-8-3-2-4-9-17)22(14-16-6-5-7-16)20(25)12-13-21-18(23)10-11-19(21)24/h2-4,8-9,15-16H,5-7,10-14H2,1H3/t15-/m1/s1. The molecule has 1 aromatic carbocycles. The molecular weight excluding hydrogens is 316 g/mol. The first kappa shape index (κ1) is 17.6. The molecule has 0 unspecified atom stereocenters. The highest BCUT2D eigenvalue weighted by Gasteiger charge is 2.31. The van der Waals surface area contributed by atoms with Crippen molar-refractivity contribution in [1.29, 1.82) is 0 Å². The highest BCUT2D eigenvalue weighted by molar-refractivity contribution is 6.02. The molecular formula is C20H26N2O3. The SMILES string of the molecule is C[C@H](c1ccccc1)N(CC1CCC1)C(=O)CCN1C(=O)CCC1=O. The van der Waals surface area contributed by atoms with Crippen LogP contribution in [-0.2, 0) is 14.4 Å². The number of carbonyl (C=O) groups is 3. The number of imide groups is 1. The first-order valence-corrected chi connectivity index (χ1v) is 9.24. The number of hydrogen-bond donors (Lipinski definition) is 0. The Morgan fingerprint density at radius 3 is 2.36 bits per heavy atom. The quantitative estimate of drug-likeness (QED) is 0.716. The van der Waals surface area contributed by atoms with Crippen LogP contribution in [0.2, 0.25) is 0 Å². The normalized spacial score (nSPS) is 19.0. The first-order valence-electron chi connectivity index (χ1n) is 9.24. The molecule has 2 aliphatic rings. The Morgan fingerprint density at radius 2 is 1.80 bits per heavy atom. The highest BCUT2D eigenvalue weighted by Crippen LogP contribution is 2.31. The van der Waals surface area contributed by atoms with E-state index in [1.54, 1.807) is 0 Å². The molecule has 1 heterocycles. The molecule has 134 valence electrons. The van der Waals surface area contributed by atoms with Gasteiger partial charge >= 0.3 is 0 Å². The van der Waals surface area contributed by atoms with Gasteiger partial charge in [0.05, 0.1) is 6.04 Å². The van der Waals surface area contributed by atoms with E-state index in [1.165, 1.54) is 24.2 Å². The van der Waals surface area contributed by atoms with E-state index in [1.807, 2.05) is 35.2 Å². The largest absolute Gasteiger partial charge is 0.336 e. The first-order chi connectivity index (χ1) is 12.1. The second kappa shape index (κ2) is 7.81. The van der Waals surface area contributed by atoms with Gasteiger partial charge in [0.25, 0.3) is 0 Å². The Morgan fingerprint density at radius 1 is 1.16 bits per heavy atom. The zero-order chi connectivity index (χ0) is 17.8. The molecule has 5 heteroatoms. The number of likely N-dealkylation sites (tertiary alicyclic amines) is 1. The van der Waals surface area contributed by atoms with Gasteiger partial charge in [0.15, 0.2) is 0 Å². The Bertz CT molecular complexity index is 624. The summed E-state index contributed by atoms with van der Waals surface area (Å²) in [5.74, 6) is 0.291. The molecule has 0 bridgehead atoms. The van der Waals surface area contributed by atoms with Crippen LogP contribution in [0.25, 0.3) is 0 Å². The van der Waals surface area contributed by atoms with Crippen LogP contribution in [0.4, 0.5) is 0 Å². The van der Waals surface area contributed by atoms with Crippen molar-refractivity contribution in [3.8, 4) is 0 Å². The lowest BCUT2D eigenvalue weighted by Crippen LogP contribution is -2.41. The van der Waals surface area contributed by atoms with E-state index in [4.69, 9.17) is 0 Å². The average molecular weight is 342 g/mol. The smallest absolute Gasteiger partial charge is 0.229 e. The van der Waals surface area contributed by atoms with Crippen LogP contribution in [0.15, 0.2) is 30.3 Å². The van der Waals surface area contributed by atoms with Gasteiger partial charge in [-0.1, -0.05) is 36.8 Å². The number of rotatable bonds is 7. The molecule has 1 aromatic rings. The second-order valence-corrected chi connectivity index (χ2v) is 7.12. The Labute approximate surface area is 149 Å². The lowest BCUT2D eigenvalue weighted by molar-refractivity contribution is -0.140. The molecule has 1 saturated heterocycles. The highest BCUT2D eigenvalue weighted by atomic mass is 16.2. The fourth-order valence-corrected chi connectivity index (χ4v) is 3.56. The Balaban J connectivity index is 1.66. The molecule has 3 amide bonds. The van der Waals surface area contributed by atoms with Crippen molar-refractivity contribution in [3.63, 3.8) is 0 Å². The minimum atomic E-state index is -0.153. The fourth-order valence-electron chi connectivity index (χ4n) is 3.56. The lowest BCUT2D eigenvalue weighted by Gasteiger charge is -2.36. The zero-order valence-corrected chi connectivity index (χ0v) is 14.8. The van der Waals surface area contributed by atoms with Gasteiger partial charge in [-0.15, -0.1) is 0 Å². The molecule has 1 atom stereocenters. The molecule has 1 saturated carbocycles. The lowest BCUT2D eigenvalue weighted by atomic mass is 9.84. The van der Waals surface area contributed by atoms with Gasteiger partial charge in [-0.25, -0.2) is 0 Å². The van der Waals surface area contributed by atoms with Crippen molar-refractivity contribution in [2.45, 2.75) is 51.5 Å². The van der Waals surface area contributed by atoms with E-state index in [0.29, 0.717) is 5.92 Å². The topological polar surface area (TPSA) is 57.7 Å². The molecule has 2 fully saturated rings. The van der Waals surface area contributed by atoms with Gasteiger partial charge in [-0.3, -0.25) is 19.3 Å². The third kappa shape index (κ3) is 4.09. The summed E-state index contributed by atoms with van der Waals surface area (Å²) >= 11 is 0. The van der Waals surface area contributed by atoms with E-state index in [0.717, 1.165) is 12.1 Å². The van der Waals surface area contributed by atoms with Gasteiger partial charge in [0, 0.05) is 32.4 Å². The van der Waals surface area contributed by atoms with Gasteiger partial charge in [-0.05, 0) is 31.2 Å². The summed E-state index contributed by atoms with van der Waals surface area (Å²) < 4.78 is 0. The molecule has 25 heavy (non-hydrogen) atoms. The van der Waals surface area contributed by atoms with Crippen LogP contribution >= 0.6 is 0 Å². The van der Waals surface area contributed by atoms with E-state index in [9.17, 15) is 14.4 Å². The van der Waals surface area contributed by atoms with Crippen LogP contribution in [0, 0.1) is 5.92 Å². The van der Waals surface area contributed by atoms with Gasteiger partial charge in [0.2, 0.25) is 17.7 Å². The summed E-state index contributed by atoms with van der Waals surface area (Å²) in [6, 6.07) is 10.0. The van der Waals surface area contributed by atoms with Crippen molar-refractivity contribution in [2.24, 2.45) is 5.92 Å². The van der Waals surface area contributed by atoms with Crippen molar-refractivity contribution in [3.05, 3.63) is 35.9 Å². The molecule has 5 nitrogen and oxygen atoms in total. The van der Waals surface area contributed by atoms with Gasteiger partial charge < -0.3 is 4.90 Å². The van der Waals surface area contributed by atoms with Crippen LogP contribution < -0.4 is 0 Å². The summed E-state index contributed by atoms with van der Waals surface area (Å²) in [6.07, 6.45) is 4.35. The third-order valence-electron chi connectivity index (χ3n) is 5.45. The predicted octanol–water partition coefficient (Wildman–Crippen LogP) is 2.92. The number of nitrogens with zero attached hydrogens (tertiary/aromatic N) is 2. The van der Waals surface area contributed by atoms with Crippen LogP contribution in [-0.4, -0.2) is 40.6 Å². The maximum absolute atomic E-state index is 12.9. The van der Waals surface area contributed by atoms with E-state index in [-0.39, 0.29) is 49.6 Å². The molecule has 3 rings (SSSR count). The maximum atomic E-state index is 12.9. The third-order valence-corrected chi connectivity index (χ3v) is 5.45. The molecule has 0 N–H and O–H groups in total. The van der Waals surface area contributed by atoms with Crippen LogP contribution in [0.1, 0.15) is 57.1 Å².